The van der Waals surface area contributed by atoms with E-state index in [1.165, 1.54) is 5.56 Å². The van der Waals surface area contributed by atoms with E-state index in [4.69, 9.17) is 0 Å². The highest BCUT2D eigenvalue weighted by Crippen LogP contribution is 2.34. The summed E-state index contributed by atoms with van der Waals surface area (Å²) in [5.74, 6) is 0.233. The van der Waals surface area contributed by atoms with Crippen LogP contribution in [-0.4, -0.2) is 43.8 Å². The zero-order valence-corrected chi connectivity index (χ0v) is 11.5. The van der Waals surface area contributed by atoms with Gasteiger partial charge in [-0.1, -0.05) is 24.3 Å². The van der Waals surface area contributed by atoms with Crippen LogP contribution in [0.5, 0.6) is 0 Å². The van der Waals surface area contributed by atoms with Crippen LogP contribution in [0.1, 0.15) is 23.5 Å². The van der Waals surface area contributed by atoms with Crippen LogP contribution in [0.4, 0.5) is 0 Å². The molecule has 3 rings (SSSR count). The fourth-order valence-electron chi connectivity index (χ4n) is 2.97. The largest absolute Gasteiger partial charge is 0.340 e. The molecule has 0 saturated carbocycles. The maximum atomic E-state index is 12.5. The lowest BCUT2D eigenvalue weighted by Gasteiger charge is -2.29. The Bertz CT molecular complexity index is 595. The van der Waals surface area contributed by atoms with Gasteiger partial charge in [0.05, 0.1) is 17.4 Å². The standard InChI is InChI=1S/C14H17NO3S/c16-14(15-7-9-19(17,18)10-8-15)13-6-5-11-3-1-2-4-12(11)13/h1-4,13H,5-10H2/t13-/m0/s1. The Morgan fingerprint density at radius 3 is 2.58 bits per heavy atom. The van der Waals surface area contributed by atoms with E-state index in [0.717, 1.165) is 18.4 Å². The Kier molecular flexibility index (Phi) is 3.09. The highest BCUT2D eigenvalue weighted by Gasteiger charge is 2.33. The van der Waals surface area contributed by atoms with Crippen LogP contribution in [0.2, 0.25) is 0 Å². The molecular formula is C14H17NO3S. The number of nitrogens with zero attached hydrogens (tertiary/aromatic N) is 1. The molecule has 1 aliphatic heterocycles. The lowest BCUT2D eigenvalue weighted by Crippen LogP contribution is -2.45. The molecular weight excluding hydrogens is 262 g/mol. The molecule has 1 aromatic carbocycles. The number of carbonyl (C=O) groups excluding carboxylic acids is 1. The number of benzene rings is 1. The van der Waals surface area contributed by atoms with Crippen LogP contribution in [0.25, 0.3) is 0 Å². The van der Waals surface area contributed by atoms with Crippen molar-refractivity contribution in [3.8, 4) is 0 Å². The molecule has 0 bridgehead atoms. The number of rotatable bonds is 1. The highest BCUT2D eigenvalue weighted by atomic mass is 32.2. The molecule has 5 heteroatoms. The second kappa shape index (κ2) is 4.63. The first-order valence-corrected chi connectivity index (χ1v) is 8.46. The van der Waals surface area contributed by atoms with E-state index in [-0.39, 0.29) is 23.3 Å². The van der Waals surface area contributed by atoms with Crippen molar-refractivity contribution in [1.29, 1.82) is 0 Å². The molecule has 0 aromatic heterocycles. The maximum Gasteiger partial charge on any atom is 0.230 e. The van der Waals surface area contributed by atoms with E-state index >= 15 is 0 Å². The van der Waals surface area contributed by atoms with Gasteiger partial charge < -0.3 is 4.90 Å². The lowest BCUT2D eigenvalue weighted by molar-refractivity contribution is -0.132. The minimum absolute atomic E-state index is 0.0722. The number of hydrogen-bond donors (Lipinski definition) is 0. The quantitative estimate of drug-likeness (QED) is 0.770. The van der Waals surface area contributed by atoms with Crippen LogP contribution in [0, 0.1) is 0 Å². The molecule has 1 aliphatic carbocycles. The summed E-state index contributed by atoms with van der Waals surface area (Å²) in [6.45, 7) is 0.694. The summed E-state index contributed by atoms with van der Waals surface area (Å²) in [6, 6.07) is 8.05. The van der Waals surface area contributed by atoms with E-state index in [1.807, 2.05) is 18.2 Å². The van der Waals surface area contributed by atoms with Gasteiger partial charge in [0.15, 0.2) is 9.84 Å². The fraction of sp³-hybridized carbons (Fsp3) is 0.500. The highest BCUT2D eigenvalue weighted by molar-refractivity contribution is 7.91. The summed E-state index contributed by atoms with van der Waals surface area (Å²) in [7, 11) is -2.93. The first-order chi connectivity index (χ1) is 9.07. The number of aryl methyl sites for hydroxylation is 1. The Morgan fingerprint density at radius 2 is 1.84 bits per heavy atom. The maximum absolute atomic E-state index is 12.5. The van der Waals surface area contributed by atoms with Crippen molar-refractivity contribution < 1.29 is 13.2 Å². The Hall–Kier alpha value is -1.36. The van der Waals surface area contributed by atoms with Crippen molar-refractivity contribution in [2.75, 3.05) is 24.6 Å². The Balaban J connectivity index is 1.76. The molecule has 19 heavy (non-hydrogen) atoms. The molecule has 0 unspecified atom stereocenters. The van der Waals surface area contributed by atoms with Gasteiger partial charge in [-0.25, -0.2) is 8.42 Å². The van der Waals surface area contributed by atoms with Crippen LogP contribution in [-0.2, 0) is 21.1 Å². The van der Waals surface area contributed by atoms with Crippen LogP contribution in [0.3, 0.4) is 0 Å². The van der Waals surface area contributed by atoms with Crippen molar-refractivity contribution in [1.82, 2.24) is 4.90 Å². The zero-order chi connectivity index (χ0) is 13.5. The average molecular weight is 279 g/mol. The molecule has 0 spiro atoms. The summed E-state index contributed by atoms with van der Waals surface area (Å²) in [6.07, 6.45) is 1.79. The van der Waals surface area contributed by atoms with Crippen LogP contribution < -0.4 is 0 Å². The topological polar surface area (TPSA) is 54.5 Å². The van der Waals surface area contributed by atoms with Gasteiger partial charge >= 0.3 is 0 Å². The van der Waals surface area contributed by atoms with Crippen molar-refractivity contribution in [3.63, 3.8) is 0 Å². The molecule has 4 nitrogen and oxygen atoms in total. The lowest BCUT2D eigenvalue weighted by atomic mass is 10.00. The SMILES string of the molecule is O=C([C@H]1CCc2ccccc21)N1CCS(=O)(=O)CC1. The van der Waals surface area contributed by atoms with Gasteiger partial charge in [-0.2, -0.15) is 0 Å². The number of sulfone groups is 1. The normalized spacial score (nSPS) is 25.1. The Morgan fingerprint density at radius 1 is 1.16 bits per heavy atom. The van der Waals surface area contributed by atoms with Gasteiger partial charge in [0.2, 0.25) is 5.91 Å². The summed E-state index contributed by atoms with van der Waals surface area (Å²) >= 11 is 0. The Labute approximate surface area is 113 Å². The van der Waals surface area contributed by atoms with Gasteiger partial charge in [0.1, 0.15) is 0 Å². The zero-order valence-electron chi connectivity index (χ0n) is 10.7. The van der Waals surface area contributed by atoms with Gasteiger partial charge in [0.25, 0.3) is 0 Å². The van der Waals surface area contributed by atoms with Crippen molar-refractivity contribution in [2.45, 2.75) is 18.8 Å². The third-order valence-corrected chi connectivity index (χ3v) is 5.70. The van der Waals surface area contributed by atoms with E-state index in [9.17, 15) is 13.2 Å². The van der Waals surface area contributed by atoms with Gasteiger partial charge in [-0.05, 0) is 24.0 Å². The number of fused-ring (bicyclic) bond motifs is 1. The first kappa shape index (κ1) is 12.7. The van der Waals surface area contributed by atoms with E-state index < -0.39 is 9.84 Å². The molecule has 1 fully saturated rings. The van der Waals surface area contributed by atoms with Crippen molar-refractivity contribution in [2.24, 2.45) is 0 Å². The minimum atomic E-state index is -2.93. The van der Waals surface area contributed by atoms with Crippen molar-refractivity contribution >= 4 is 15.7 Å². The molecule has 1 saturated heterocycles. The monoisotopic (exact) mass is 279 g/mol. The van der Waals surface area contributed by atoms with E-state index in [2.05, 4.69) is 6.07 Å². The predicted octanol–water partition coefficient (Wildman–Crippen LogP) is 0.973. The third-order valence-electron chi connectivity index (χ3n) is 4.09. The third kappa shape index (κ3) is 2.39. The second-order valence-corrected chi connectivity index (χ2v) is 7.57. The molecule has 2 aliphatic rings. The molecule has 102 valence electrons. The molecule has 1 aromatic rings. The molecule has 0 N–H and O–H groups in total. The van der Waals surface area contributed by atoms with E-state index in [0.29, 0.717) is 13.1 Å². The van der Waals surface area contributed by atoms with Gasteiger partial charge in [-0.15, -0.1) is 0 Å². The van der Waals surface area contributed by atoms with Crippen LogP contribution in [0.15, 0.2) is 24.3 Å². The second-order valence-electron chi connectivity index (χ2n) is 5.27. The summed E-state index contributed by atoms with van der Waals surface area (Å²) in [5, 5.41) is 0. The average Bonchev–Trinajstić information content (AvgIpc) is 2.82. The molecule has 1 atom stereocenters. The number of amides is 1. The predicted molar refractivity (Wildman–Crippen MR) is 72.7 cm³/mol. The summed E-state index contributed by atoms with van der Waals surface area (Å²) in [5.41, 5.74) is 2.38. The number of hydrogen-bond acceptors (Lipinski definition) is 3. The first-order valence-electron chi connectivity index (χ1n) is 6.64. The van der Waals surface area contributed by atoms with E-state index in [1.54, 1.807) is 4.90 Å². The molecule has 1 amide bonds. The number of carbonyl (C=O) groups is 1. The van der Waals surface area contributed by atoms with Crippen molar-refractivity contribution in [3.05, 3.63) is 35.4 Å². The fourth-order valence-corrected chi connectivity index (χ4v) is 4.17. The summed E-state index contributed by atoms with van der Waals surface area (Å²) < 4.78 is 22.8. The minimum Gasteiger partial charge on any atom is -0.340 e. The molecule has 1 heterocycles. The molecule has 0 radical (unpaired) electrons. The summed E-state index contributed by atoms with van der Waals surface area (Å²) in [4.78, 5) is 14.2. The van der Waals surface area contributed by atoms with Gasteiger partial charge in [-0.3, -0.25) is 4.79 Å². The van der Waals surface area contributed by atoms with Crippen LogP contribution >= 0.6 is 0 Å². The van der Waals surface area contributed by atoms with Gasteiger partial charge in [0, 0.05) is 13.1 Å². The smallest absolute Gasteiger partial charge is 0.230 e.